The van der Waals surface area contributed by atoms with Gasteiger partial charge in [0.1, 0.15) is 5.60 Å². The molecule has 0 radical (unpaired) electrons. The molecule has 0 bridgehead atoms. The molecule has 0 aliphatic carbocycles. The van der Waals surface area contributed by atoms with Gasteiger partial charge in [-0.3, -0.25) is 4.79 Å². The lowest BCUT2D eigenvalue weighted by Crippen LogP contribution is -2.45. The molecule has 2 aliphatic heterocycles. The van der Waals surface area contributed by atoms with Crippen molar-refractivity contribution in [2.24, 2.45) is 11.8 Å². The molecule has 2 aliphatic rings. The Balaban J connectivity index is 1.44. The van der Waals surface area contributed by atoms with Crippen LogP contribution < -0.4 is 0 Å². The van der Waals surface area contributed by atoms with Crippen molar-refractivity contribution in [3.05, 3.63) is 35.9 Å². The maximum atomic E-state index is 13.0. The monoisotopic (exact) mass is 428 g/mol. The number of rotatable bonds is 8. The van der Waals surface area contributed by atoms with E-state index in [0.29, 0.717) is 11.8 Å². The van der Waals surface area contributed by atoms with Gasteiger partial charge in [-0.1, -0.05) is 30.3 Å². The summed E-state index contributed by atoms with van der Waals surface area (Å²) < 4.78 is 5.50. The van der Waals surface area contributed by atoms with Crippen LogP contribution in [-0.2, 0) is 16.0 Å². The van der Waals surface area contributed by atoms with E-state index in [1.54, 1.807) is 0 Å². The molecule has 0 N–H and O–H groups in total. The fourth-order valence-electron chi connectivity index (χ4n) is 4.55. The second kappa shape index (κ2) is 11.0. The van der Waals surface area contributed by atoms with Crippen molar-refractivity contribution in [3.63, 3.8) is 0 Å². The number of likely N-dealkylation sites (tertiary alicyclic amines) is 2. The van der Waals surface area contributed by atoms with Crippen molar-refractivity contribution in [2.75, 3.05) is 26.2 Å². The smallest absolute Gasteiger partial charge is 0.410 e. The quantitative estimate of drug-likeness (QED) is 0.566. The fourth-order valence-corrected chi connectivity index (χ4v) is 4.55. The zero-order chi connectivity index (χ0) is 22.3. The van der Waals surface area contributed by atoms with Crippen LogP contribution in [0.2, 0.25) is 0 Å². The van der Waals surface area contributed by atoms with Gasteiger partial charge in [0, 0.05) is 32.1 Å². The number of amides is 2. The van der Waals surface area contributed by atoms with E-state index in [9.17, 15) is 9.59 Å². The number of carbonyl (C=O) groups is 2. The van der Waals surface area contributed by atoms with Crippen LogP contribution in [0.5, 0.6) is 0 Å². The molecule has 1 aromatic rings. The van der Waals surface area contributed by atoms with Gasteiger partial charge >= 0.3 is 6.09 Å². The number of aryl methyl sites for hydroxylation is 1. The highest BCUT2D eigenvalue weighted by molar-refractivity contribution is 5.79. The lowest BCUT2D eigenvalue weighted by Gasteiger charge is -2.36. The van der Waals surface area contributed by atoms with Gasteiger partial charge in [0.15, 0.2) is 0 Å². The molecule has 1 aromatic carbocycles. The molecule has 0 saturated carbocycles. The number of benzene rings is 1. The molecule has 2 fully saturated rings. The van der Waals surface area contributed by atoms with Crippen molar-refractivity contribution in [2.45, 2.75) is 77.7 Å². The van der Waals surface area contributed by atoms with E-state index in [-0.39, 0.29) is 12.0 Å². The predicted molar refractivity (Wildman–Crippen MR) is 124 cm³/mol. The largest absolute Gasteiger partial charge is 0.444 e. The maximum absolute atomic E-state index is 13.0. The lowest BCUT2D eigenvalue weighted by molar-refractivity contribution is -0.139. The number of piperidine rings is 1. The topological polar surface area (TPSA) is 49.9 Å². The molecule has 0 unspecified atom stereocenters. The van der Waals surface area contributed by atoms with Crippen LogP contribution in [0.4, 0.5) is 4.79 Å². The third-order valence-electron chi connectivity index (χ3n) is 6.57. The molecular formula is C26H40N2O3. The van der Waals surface area contributed by atoms with E-state index >= 15 is 0 Å². The average Bonchev–Trinajstić information content (AvgIpc) is 2.69. The summed E-state index contributed by atoms with van der Waals surface area (Å²) in [6, 6.07) is 10.6. The van der Waals surface area contributed by atoms with Gasteiger partial charge in [-0.2, -0.15) is 0 Å². The van der Waals surface area contributed by atoms with Crippen molar-refractivity contribution < 1.29 is 14.3 Å². The maximum Gasteiger partial charge on any atom is 0.410 e. The normalized spacial score (nSPS) is 18.4. The van der Waals surface area contributed by atoms with Crippen LogP contribution in [0.3, 0.4) is 0 Å². The number of ether oxygens (including phenoxy) is 1. The number of hydrogen-bond acceptors (Lipinski definition) is 3. The van der Waals surface area contributed by atoms with Gasteiger partial charge < -0.3 is 14.5 Å². The second-order valence-corrected chi connectivity index (χ2v) is 10.2. The van der Waals surface area contributed by atoms with Crippen LogP contribution in [0.1, 0.15) is 71.3 Å². The summed E-state index contributed by atoms with van der Waals surface area (Å²) in [5.41, 5.74) is 0.908. The Morgan fingerprint density at radius 3 is 2.26 bits per heavy atom. The molecule has 3 rings (SSSR count). The molecule has 2 heterocycles. The van der Waals surface area contributed by atoms with Gasteiger partial charge in [0.2, 0.25) is 5.91 Å². The van der Waals surface area contributed by atoms with Gasteiger partial charge in [0.25, 0.3) is 0 Å². The Morgan fingerprint density at radius 2 is 1.68 bits per heavy atom. The summed E-state index contributed by atoms with van der Waals surface area (Å²) in [4.78, 5) is 29.1. The zero-order valence-corrected chi connectivity index (χ0v) is 19.6. The van der Waals surface area contributed by atoms with E-state index in [0.717, 1.165) is 77.5 Å². The highest BCUT2D eigenvalue weighted by Crippen LogP contribution is 2.28. The van der Waals surface area contributed by atoms with Gasteiger partial charge in [-0.15, -0.1) is 0 Å². The summed E-state index contributed by atoms with van der Waals surface area (Å²) in [5.74, 6) is 1.11. The predicted octanol–water partition coefficient (Wildman–Crippen LogP) is 5.29. The first-order valence-electron chi connectivity index (χ1n) is 12.1. The highest BCUT2D eigenvalue weighted by atomic mass is 16.6. The van der Waals surface area contributed by atoms with E-state index < -0.39 is 5.60 Å². The van der Waals surface area contributed by atoms with Crippen LogP contribution in [-0.4, -0.2) is 53.6 Å². The van der Waals surface area contributed by atoms with E-state index in [1.165, 1.54) is 5.56 Å². The van der Waals surface area contributed by atoms with Crippen molar-refractivity contribution >= 4 is 12.0 Å². The SMILES string of the molecule is CC(C)(C)OC(=O)N1CCC(CC[C@@H](CCCc2ccccc2)C(=O)N2CCC2)CC1. The standard InChI is InChI=1S/C26H40N2O3/c1-26(2,3)31-25(30)28-19-15-22(16-20-28)13-14-23(24(29)27-17-8-18-27)12-7-11-21-9-5-4-6-10-21/h4-6,9-10,22-23H,7-8,11-20H2,1-3H3/t23-/m1/s1. The summed E-state index contributed by atoms with van der Waals surface area (Å²) >= 11 is 0. The minimum absolute atomic E-state index is 0.146. The average molecular weight is 429 g/mol. The van der Waals surface area contributed by atoms with Gasteiger partial charge in [-0.25, -0.2) is 4.79 Å². The lowest BCUT2D eigenvalue weighted by atomic mass is 9.86. The second-order valence-electron chi connectivity index (χ2n) is 10.2. The first kappa shape index (κ1) is 23.6. The van der Waals surface area contributed by atoms with Crippen LogP contribution in [0.15, 0.2) is 30.3 Å². The minimum atomic E-state index is -0.446. The third-order valence-corrected chi connectivity index (χ3v) is 6.57. The molecule has 2 amide bonds. The number of nitrogens with zero attached hydrogens (tertiary/aromatic N) is 2. The summed E-state index contributed by atoms with van der Waals surface area (Å²) in [6.45, 7) is 9.11. The molecule has 5 nitrogen and oxygen atoms in total. The van der Waals surface area contributed by atoms with E-state index in [1.807, 2.05) is 36.6 Å². The molecule has 5 heteroatoms. The highest BCUT2D eigenvalue weighted by Gasteiger charge is 2.30. The zero-order valence-electron chi connectivity index (χ0n) is 19.6. The summed E-state index contributed by atoms with van der Waals surface area (Å²) in [5, 5.41) is 0. The molecule has 1 atom stereocenters. The fraction of sp³-hybridized carbons (Fsp3) is 0.692. The van der Waals surface area contributed by atoms with Crippen molar-refractivity contribution in [3.8, 4) is 0 Å². The van der Waals surface area contributed by atoms with E-state index in [4.69, 9.17) is 4.74 Å². The Kier molecular flexibility index (Phi) is 8.39. The Labute approximate surface area is 188 Å². The molecule has 172 valence electrons. The Morgan fingerprint density at radius 1 is 1.00 bits per heavy atom. The number of hydrogen-bond donors (Lipinski definition) is 0. The molecule has 31 heavy (non-hydrogen) atoms. The van der Waals surface area contributed by atoms with Gasteiger partial charge in [0.05, 0.1) is 0 Å². The van der Waals surface area contributed by atoms with Gasteiger partial charge in [-0.05, 0) is 83.6 Å². The Bertz CT molecular complexity index is 701. The molecule has 0 aromatic heterocycles. The minimum Gasteiger partial charge on any atom is -0.444 e. The van der Waals surface area contributed by atoms with Crippen LogP contribution in [0, 0.1) is 11.8 Å². The first-order chi connectivity index (χ1) is 14.8. The van der Waals surface area contributed by atoms with Crippen LogP contribution in [0.25, 0.3) is 0 Å². The molecular weight excluding hydrogens is 388 g/mol. The van der Waals surface area contributed by atoms with Crippen LogP contribution >= 0.6 is 0 Å². The third kappa shape index (κ3) is 7.55. The number of carbonyl (C=O) groups excluding carboxylic acids is 2. The van der Waals surface area contributed by atoms with Crippen molar-refractivity contribution in [1.29, 1.82) is 0 Å². The first-order valence-corrected chi connectivity index (χ1v) is 12.1. The Hall–Kier alpha value is -2.04. The van der Waals surface area contributed by atoms with E-state index in [2.05, 4.69) is 24.3 Å². The summed E-state index contributed by atoms with van der Waals surface area (Å²) in [6.07, 6.45) is 8.09. The molecule has 2 saturated heterocycles. The molecule has 0 spiro atoms. The van der Waals surface area contributed by atoms with Crippen molar-refractivity contribution in [1.82, 2.24) is 9.80 Å². The summed E-state index contributed by atoms with van der Waals surface area (Å²) in [7, 11) is 0.